The minimum Gasteiger partial charge on any atom is -0.324 e. The molecule has 1 aromatic rings. The van der Waals surface area contributed by atoms with Crippen molar-refractivity contribution in [3.05, 3.63) is 23.8 Å². The van der Waals surface area contributed by atoms with Crippen molar-refractivity contribution in [1.29, 1.82) is 0 Å². The van der Waals surface area contributed by atoms with Crippen LogP contribution in [-0.4, -0.2) is 34.0 Å². The SMILES string of the molecule is CNC(C)(C)C(=O)Nc1cc(S(=O)(=O)NC)ccc1C. The van der Waals surface area contributed by atoms with E-state index in [2.05, 4.69) is 15.4 Å². The fraction of sp³-hybridized carbons (Fsp3) is 0.462. The van der Waals surface area contributed by atoms with Gasteiger partial charge >= 0.3 is 0 Å². The largest absolute Gasteiger partial charge is 0.324 e. The lowest BCUT2D eigenvalue weighted by Crippen LogP contribution is -2.48. The van der Waals surface area contributed by atoms with Crippen LogP contribution in [0.15, 0.2) is 23.1 Å². The third-order valence-corrected chi connectivity index (χ3v) is 4.64. The van der Waals surface area contributed by atoms with Gasteiger partial charge in [0.2, 0.25) is 15.9 Å². The van der Waals surface area contributed by atoms with Crippen molar-refractivity contribution in [3.63, 3.8) is 0 Å². The van der Waals surface area contributed by atoms with E-state index in [1.807, 2.05) is 0 Å². The lowest BCUT2D eigenvalue weighted by Gasteiger charge is -2.23. The Morgan fingerprint density at radius 2 is 1.80 bits per heavy atom. The third-order valence-electron chi connectivity index (χ3n) is 3.23. The second kappa shape index (κ2) is 5.90. The number of sulfonamides is 1. The van der Waals surface area contributed by atoms with Crippen LogP contribution in [0.4, 0.5) is 5.69 Å². The van der Waals surface area contributed by atoms with E-state index >= 15 is 0 Å². The molecule has 0 spiro atoms. The van der Waals surface area contributed by atoms with Crippen LogP contribution in [0.25, 0.3) is 0 Å². The zero-order chi connectivity index (χ0) is 15.6. The van der Waals surface area contributed by atoms with Gasteiger partial charge in [-0.1, -0.05) is 6.07 Å². The fourth-order valence-corrected chi connectivity index (χ4v) is 2.17. The van der Waals surface area contributed by atoms with Crippen molar-refractivity contribution in [2.45, 2.75) is 31.2 Å². The first-order valence-electron chi connectivity index (χ1n) is 6.18. The molecule has 1 rings (SSSR count). The van der Waals surface area contributed by atoms with Gasteiger partial charge in [0, 0.05) is 5.69 Å². The highest BCUT2D eigenvalue weighted by Crippen LogP contribution is 2.21. The van der Waals surface area contributed by atoms with E-state index in [1.54, 1.807) is 33.9 Å². The summed E-state index contributed by atoms with van der Waals surface area (Å²) in [5, 5.41) is 5.64. The maximum atomic E-state index is 12.1. The Bertz CT molecular complexity index is 609. The normalized spacial score (nSPS) is 12.2. The summed E-state index contributed by atoms with van der Waals surface area (Å²) in [7, 11) is -0.498. The molecule has 112 valence electrons. The number of benzene rings is 1. The molecule has 0 aromatic heterocycles. The second-order valence-electron chi connectivity index (χ2n) is 5.01. The minimum atomic E-state index is -3.53. The fourth-order valence-electron chi connectivity index (χ4n) is 1.41. The van der Waals surface area contributed by atoms with Crippen LogP contribution in [0, 0.1) is 6.92 Å². The molecule has 0 aliphatic heterocycles. The highest BCUT2D eigenvalue weighted by Gasteiger charge is 2.26. The van der Waals surface area contributed by atoms with Crippen LogP contribution in [0.5, 0.6) is 0 Å². The summed E-state index contributed by atoms with van der Waals surface area (Å²) in [6.45, 7) is 5.29. The molecule has 0 saturated heterocycles. The first kappa shape index (κ1) is 16.6. The van der Waals surface area contributed by atoms with E-state index in [1.165, 1.54) is 19.2 Å². The molecule has 3 N–H and O–H groups in total. The maximum absolute atomic E-state index is 12.1. The monoisotopic (exact) mass is 299 g/mol. The van der Waals surface area contributed by atoms with Crippen molar-refractivity contribution in [3.8, 4) is 0 Å². The van der Waals surface area contributed by atoms with E-state index < -0.39 is 15.6 Å². The van der Waals surface area contributed by atoms with Crippen LogP contribution < -0.4 is 15.4 Å². The number of hydrogen-bond donors (Lipinski definition) is 3. The zero-order valence-electron chi connectivity index (χ0n) is 12.4. The molecule has 0 aliphatic carbocycles. The van der Waals surface area contributed by atoms with Crippen molar-refractivity contribution < 1.29 is 13.2 Å². The van der Waals surface area contributed by atoms with E-state index in [0.717, 1.165) is 5.56 Å². The molecule has 7 heteroatoms. The quantitative estimate of drug-likeness (QED) is 0.752. The standard InChI is InChI=1S/C13H21N3O3S/c1-9-6-7-10(20(18,19)15-5)8-11(9)16-12(17)13(2,3)14-4/h6-8,14-15H,1-5H3,(H,16,17). The van der Waals surface area contributed by atoms with Crippen LogP contribution in [0.2, 0.25) is 0 Å². The van der Waals surface area contributed by atoms with Gasteiger partial charge in [-0.2, -0.15) is 0 Å². The van der Waals surface area contributed by atoms with Gasteiger partial charge in [-0.15, -0.1) is 0 Å². The molecule has 0 bridgehead atoms. The number of anilines is 1. The second-order valence-corrected chi connectivity index (χ2v) is 6.90. The number of carbonyl (C=O) groups is 1. The Balaban J connectivity index is 3.14. The number of rotatable bonds is 5. The minimum absolute atomic E-state index is 0.114. The first-order valence-corrected chi connectivity index (χ1v) is 7.67. The van der Waals surface area contributed by atoms with Gasteiger partial charge in [-0.3, -0.25) is 4.79 Å². The molecule has 0 atom stereocenters. The van der Waals surface area contributed by atoms with E-state index in [0.29, 0.717) is 5.69 Å². The molecule has 0 aliphatic rings. The summed E-state index contributed by atoms with van der Waals surface area (Å²) < 4.78 is 25.8. The van der Waals surface area contributed by atoms with Crippen molar-refractivity contribution in [2.24, 2.45) is 0 Å². The maximum Gasteiger partial charge on any atom is 0.244 e. The number of likely N-dealkylation sites (N-methyl/N-ethyl adjacent to an activating group) is 1. The van der Waals surface area contributed by atoms with Crippen LogP contribution >= 0.6 is 0 Å². The predicted octanol–water partition coefficient (Wildman–Crippen LogP) is 0.840. The summed E-state index contributed by atoms with van der Waals surface area (Å²) in [6, 6.07) is 4.61. The number of nitrogens with one attached hydrogen (secondary N) is 3. The predicted molar refractivity (Wildman–Crippen MR) is 79.2 cm³/mol. The molecular weight excluding hydrogens is 278 g/mol. The van der Waals surface area contributed by atoms with Crippen LogP contribution in [0.1, 0.15) is 19.4 Å². The van der Waals surface area contributed by atoms with Crippen LogP contribution in [-0.2, 0) is 14.8 Å². The lowest BCUT2D eigenvalue weighted by molar-refractivity contribution is -0.121. The number of carbonyl (C=O) groups excluding carboxylic acids is 1. The number of aryl methyl sites for hydroxylation is 1. The Morgan fingerprint density at radius 1 is 1.20 bits per heavy atom. The Hall–Kier alpha value is -1.44. The molecule has 1 amide bonds. The summed E-state index contributed by atoms with van der Waals surface area (Å²) in [4.78, 5) is 12.2. The van der Waals surface area contributed by atoms with Crippen molar-refractivity contribution >= 4 is 21.6 Å². The Labute approximate surface area is 120 Å². The zero-order valence-corrected chi connectivity index (χ0v) is 13.2. The van der Waals surface area contributed by atoms with Gasteiger partial charge in [-0.05, 0) is 52.6 Å². The smallest absolute Gasteiger partial charge is 0.244 e. The Morgan fingerprint density at radius 3 is 2.30 bits per heavy atom. The number of amides is 1. The molecule has 6 nitrogen and oxygen atoms in total. The molecule has 1 aromatic carbocycles. The van der Waals surface area contributed by atoms with Crippen molar-refractivity contribution in [1.82, 2.24) is 10.0 Å². The average molecular weight is 299 g/mol. The lowest BCUT2D eigenvalue weighted by atomic mass is 10.0. The van der Waals surface area contributed by atoms with Gasteiger partial charge in [-0.25, -0.2) is 13.1 Å². The van der Waals surface area contributed by atoms with Gasteiger partial charge in [0.15, 0.2) is 0 Å². The highest BCUT2D eigenvalue weighted by molar-refractivity contribution is 7.89. The van der Waals surface area contributed by atoms with Crippen molar-refractivity contribution in [2.75, 3.05) is 19.4 Å². The molecule has 20 heavy (non-hydrogen) atoms. The van der Waals surface area contributed by atoms with Crippen LogP contribution in [0.3, 0.4) is 0 Å². The van der Waals surface area contributed by atoms with E-state index in [9.17, 15) is 13.2 Å². The summed E-state index contributed by atoms with van der Waals surface area (Å²) in [5.74, 6) is -0.234. The average Bonchev–Trinajstić information content (AvgIpc) is 2.40. The van der Waals surface area contributed by atoms with Gasteiger partial charge in [0.05, 0.1) is 10.4 Å². The molecule has 0 unspecified atom stereocenters. The first-order chi connectivity index (χ1) is 9.14. The third kappa shape index (κ3) is 3.56. The number of hydrogen-bond acceptors (Lipinski definition) is 4. The molecule has 0 heterocycles. The molecule has 0 radical (unpaired) electrons. The molecular formula is C13H21N3O3S. The molecule has 0 saturated carbocycles. The Kier molecular flexibility index (Phi) is 4.90. The van der Waals surface area contributed by atoms with Gasteiger partial charge in [0.25, 0.3) is 0 Å². The van der Waals surface area contributed by atoms with Gasteiger partial charge < -0.3 is 10.6 Å². The van der Waals surface area contributed by atoms with E-state index in [-0.39, 0.29) is 10.8 Å². The summed E-state index contributed by atoms with van der Waals surface area (Å²) in [5.41, 5.74) is 0.527. The highest BCUT2D eigenvalue weighted by atomic mass is 32.2. The van der Waals surface area contributed by atoms with Gasteiger partial charge in [0.1, 0.15) is 0 Å². The topological polar surface area (TPSA) is 87.3 Å². The summed E-state index contributed by atoms with van der Waals surface area (Å²) >= 11 is 0. The summed E-state index contributed by atoms with van der Waals surface area (Å²) in [6.07, 6.45) is 0. The molecule has 0 fully saturated rings. The van der Waals surface area contributed by atoms with E-state index in [4.69, 9.17) is 0 Å².